The van der Waals surface area contributed by atoms with Gasteiger partial charge in [-0.1, -0.05) is 89.7 Å². The van der Waals surface area contributed by atoms with Crippen LogP contribution in [0.5, 0.6) is 0 Å². The van der Waals surface area contributed by atoms with Gasteiger partial charge in [-0.3, -0.25) is 9.59 Å². The summed E-state index contributed by atoms with van der Waals surface area (Å²) >= 11 is 7.03. The Hall–Kier alpha value is -3.94. The zero-order valence-corrected chi connectivity index (χ0v) is 19.1. The van der Waals surface area contributed by atoms with E-state index in [9.17, 15) is 14.0 Å². The van der Waals surface area contributed by atoms with Gasteiger partial charge in [-0.05, 0) is 23.8 Å². The Labute approximate surface area is 203 Å². The van der Waals surface area contributed by atoms with Gasteiger partial charge in [0.15, 0.2) is 10.9 Å². The van der Waals surface area contributed by atoms with Gasteiger partial charge in [-0.25, -0.2) is 19.3 Å². The van der Waals surface area contributed by atoms with E-state index in [-0.39, 0.29) is 16.5 Å². The van der Waals surface area contributed by atoms with Crippen molar-refractivity contribution in [1.82, 2.24) is 4.98 Å². The molecule has 8 heteroatoms. The van der Waals surface area contributed by atoms with Crippen molar-refractivity contribution in [3.63, 3.8) is 0 Å². The quantitative estimate of drug-likeness (QED) is 0.322. The number of amides is 1. The first kappa shape index (κ1) is 21.9. The molecule has 2 heterocycles. The van der Waals surface area contributed by atoms with Crippen LogP contribution in [0, 0.1) is 5.82 Å². The summed E-state index contributed by atoms with van der Waals surface area (Å²) in [7, 11) is 0. The summed E-state index contributed by atoms with van der Waals surface area (Å²) in [5.74, 6) is -1.10. The van der Waals surface area contributed by atoms with Crippen LogP contribution in [0.4, 0.5) is 9.52 Å². The lowest BCUT2D eigenvalue weighted by Gasteiger charge is -2.14. The highest BCUT2D eigenvalue weighted by Gasteiger charge is 2.35. The van der Waals surface area contributed by atoms with Gasteiger partial charge < -0.3 is 0 Å². The Kier molecular flexibility index (Phi) is 5.88. The minimum absolute atomic E-state index is 0.00923. The molecule has 5 nitrogen and oxygen atoms in total. The topological polar surface area (TPSA) is 62.6 Å². The first-order valence-corrected chi connectivity index (χ1v) is 11.4. The number of aromatic nitrogens is 1. The van der Waals surface area contributed by atoms with Gasteiger partial charge in [-0.2, -0.15) is 0 Å². The third-order valence-electron chi connectivity index (χ3n) is 5.02. The van der Waals surface area contributed by atoms with Crippen molar-refractivity contribution >= 4 is 61.9 Å². The van der Waals surface area contributed by atoms with Crippen LogP contribution in [-0.2, 0) is 9.59 Å². The Morgan fingerprint density at radius 1 is 1.03 bits per heavy atom. The monoisotopic (exact) mass is 487 g/mol. The second kappa shape index (κ2) is 9.13. The number of fused-ring (bicyclic) bond motifs is 1. The number of ketones is 1. The van der Waals surface area contributed by atoms with E-state index in [0.717, 1.165) is 16.9 Å². The number of aliphatic imine (C=N–C) groups is 1. The molecule has 0 bridgehead atoms. The molecule has 0 atom stereocenters. The molecule has 0 saturated heterocycles. The summed E-state index contributed by atoms with van der Waals surface area (Å²) < 4.78 is 14.5. The normalized spacial score (nSPS) is 15.0. The molecular weight excluding hydrogens is 473 g/mol. The molecule has 4 aromatic rings. The van der Waals surface area contributed by atoms with Crippen LogP contribution in [0.15, 0.2) is 95.6 Å². The third-order valence-corrected chi connectivity index (χ3v) is 6.31. The van der Waals surface area contributed by atoms with Crippen LogP contribution in [0.25, 0.3) is 16.3 Å². The Morgan fingerprint density at radius 3 is 2.47 bits per heavy atom. The Balaban J connectivity index is 1.53. The first-order chi connectivity index (χ1) is 16.5. The number of anilines is 1. The van der Waals surface area contributed by atoms with Crippen LogP contribution in [0.1, 0.15) is 11.1 Å². The van der Waals surface area contributed by atoms with Crippen molar-refractivity contribution in [2.75, 3.05) is 4.90 Å². The summed E-state index contributed by atoms with van der Waals surface area (Å²) in [6.07, 6.45) is 4.26. The van der Waals surface area contributed by atoms with E-state index in [1.54, 1.807) is 6.08 Å². The number of halogens is 2. The van der Waals surface area contributed by atoms with Gasteiger partial charge in [0.2, 0.25) is 0 Å². The molecule has 166 valence electrons. The van der Waals surface area contributed by atoms with E-state index >= 15 is 0 Å². The number of carbonyl (C=O) groups excluding carboxylic acids is 2. The number of nitrogens with zero attached hydrogens (tertiary/aromatic N) is 3. The minimum atomic E-state index is -0.564. The highest BCUT2D eigenvalue weighted by Crippen LogP contribution is 2.35. The second-order valence-corrected chi connectivity index (χ2v) is 8.76. The lowest BCUT2D eigenvalue weighted by Crippen LogP contribution is -2.32. The van der Waals surface area contributed by atoms with Crippen molar-refractivity contribution in [1.29, 1.82) is 0 Å². The molecule has 0 N–H and O–H groups in total. The van der Waals surface area contributed by atoms with E-state index < -0.39 is 11.7 Å². The van der Waals surface area contributed by atoms with Crippen LogP contribution in [0.2, 0.25) is 5.02 Å². The standard InChI is InChI=1S/C26H15ClFN3O2S/c27-19-14-21-23(15-20(19)28)34-26(30-21)31-24(17-9-5-2-6-10-17)29-22(25(31)33)13-18(32)12-11-16-7-3-1-4-8-16/h1-15H/b12-11+,22-13-. The maximum absolute atomic E-state index is 13.9. The van der Waals surface area contributed by atoms with E-state index in [1.165, 1.54) is 29.2 Å². The number of hydrogen-bond donors (Lipinski definition) is 0. The van der Waals surface area contributed by atoms with Crippen LogP contribution >= 0.6 is 22.9 Å². The van der Waals surface area contributed by atoms with Gasteiger partial charge in [0, 0.05) is 11.6 Å². The number of carbonyl (C=O) groups is 2. The number of rotatable bonds is 5. The zero-order valence-electron chi connectivity index (χ0n) is 17.5. The molecule has 0 radical (unpaired) electrons. The Morgan fingerprint density at radius 2 is 1.74 bits per heavy atom. The molecule has 1 aliphatic heterocycles. The maximum Gasteiger partial charge on any atom is 0.284 e. The zero-order chi connectivity index (χ0) is 23.7. The fourth-order valence-corrected chi connectivity index (χ4v) is 4.54. The van der Waals surface area contributed by atoms with E-state index in [1.807, 2.05) is 60.7 Å². The summed E-state index contributed by atoms with van der Waals surface area (Å²) in [5.41, 5.74) is 1.99. The molecule has 34 heavy (non-hydrogen) atoms. The maximum atomic E-state index is 13.9. The number of allylic oxidation sites excluding steroid dienone is 2. The van der Waals surface area contributed by atoms with Gasteiger partial charge >= 0.3 is 0 Å². The molecule has 0 fully saturated rings. The van der Waals surface area contributed by atoms with Crippen LogP contribution < -0.4 is 4.90 Å². The van der Waals surface area contributed by atoms with E-state index in [0.29, 0.717) is 26.7 Å². The van der Waals surface area contributed by atoms with Crippen molar-refractivity contribution in [3.8, 4) is 0 Å². The molecule has 1 amide bonds. The average molecular weight is 488 g/mol. The fourth-order valence-electron chi connectivity index (χ4n) is 3.41. The summed E-state index contributed by atoms with van der Waals surface area (Å²) in [6.45, 7) is 0. The first-order valence-electron chi connectivity index (χ1n) is 10.2. The number of amidine groups is 1. The van der Waals surface area contributed by atoms with Crippen LogP contribution in [-0.4, -0.2) is 22.5 Å². The smallest absolute Gasteiger partial charge is 0.284 e. The lowest BCUT2D eigenvalue weighted by atomic mass is 10.2. The minimum Gasteiger partial charge on any atom is -0.290 e. The Bertz CT molecular complexity index is 1470. The van der Waals surface area contributed by atoms with E-state index in [4.69, 9.17) is 11.6 Å². The van der Waals surface area contributed by atoms with Crippen LogP contribution in [0.3, 0.4) is 0 Å². The van der Waals surface area contributed by atoms with Gasteiger partial charge in [0.25, 0.3) is 5.91 Å². The molecule has 0 saturated carbocycles. The van der Waals surface area contributed by atoms with Gasteiger partial charge in [-0.15, -0.1) is 0 Å². The van der Waals surface area contributed by atoms with Gasteiger partial charge in [0.05, 0.1) is 15.2 Å². The number of thiazole rings is 1. The number of benzene rings is 3. The molecule has 3 aromatic carbocycles. The fraction of sp³-hybridized carbons (Fsp3) is 0. The van der Waals surface area contributed by atoms with E-state index in [2.05, 4.69) is 9.98 Å². The lowest BCUT2D eigenvalue weighted by molar-refractivity contribution is -0.115. The SMILES string of the molecule is O=C(/C=C1\N=C(c2ccccc2)N(c2nc3cc(Cl)c(F)cc3s2)C1=O)/C=C/c1ccccc1. The molecular formula is C26H15ClFN3O2S. The van der Waals surface area contributed by atoms with Crippen molar-refractivity contribution in [2.45, 2.75) is 0 Å². The molecule has 1 aromatic heterocycles. The third kappa shape index (κ3) is 4.31. The predicted molar refractivity (Wildman–Crippen MR) is 134 cm³/mol. The highest BCUT2D eigenvalue weighted by molar-refractivity contribution is 7.22. The summed E-state index contributed by atoms with van der Waals surface area (Å²) in [4.78, 5) is 36.2. The largest absolute Gasteiger partial charge is 0.290 e. The van der Waals surface area contributed by atoms with Crippen molar-refractivity contribution in [2.24, 2.45) is 4.99 Å². The second-order valence-electron chi connectivity index (χ2n) is 7.35. The average Bonchev–Trinajstić information content (AvgIpc) is 3.39. The molecule has 0 unspecified atom stereocenters. The molecule has 5 rings (SSSR count). The predicted octanol–water partition coefficient (Wildman–Crippen LogP) is 6.05. The molecule has 1 aliphatic rings. The molecule has 0 spiro atoms. The number of hydrogen-bond acceptors (Lipinski definition) is 5. The summed E-state index contributed by atoms with van der Waals surface area (Å²) in [5, 5.41) is 0.255. The van der Waals surface area contributed by atoms with Gasteiger partial charge in [0.1, 0.15) is 17.3 Å². The highest BCUT2D eigenvalue weighted by atomic mass is 35.5. The van der Waals surface area contributed by atoms with Crippen molar-refractivity contribution in [3.05, 3.63) is 113 Å². The van der Waals surface area contributed by atoms with Crippen molar-refractivity contribution < 1.29 is 14.0 Å². The summed E-state index contributed by atoms with van der Waals surface area (Å²) in [6, 6.07) is 21.2. The molecule has 0 aliphatic carbocycles.